The number of aromatic nitrogens is 2. The van der Waals surface area contributed by atoms with Crippen LogP contribution in [0.25, 0.3) is 5.69 Å². The Bertz CT molecular complexity index is 557. The van der Waals surface area contributed by atoms with Gasteiger partial charge in [0.25, 0.3) is 0 Å². The smallest absolute Gasteiger partial charge is 0.148 e. The van der Waals surface area contributed by atoms with Crippen LogP contribution in [-0.2, 0) is 6.42 Å². The van der Waals surface area contributed by atoms with Gasteiger partial charge in [-0.05, 0) is 28.1 Å². The standard InChI is InChI=1S/C11H7BrFN3/c12-8-7-16(15-10(8)5-6-14)11-4-2-1-3-9(11)13/h1-4,7H,5H2. The molecular weight excluding hydrogens is 273 g/mol. The molecule has 3 nitrogen and oxygen atoms in total. The summed E-state index contributed by atoms with van der Waals surface area (Å²) in [6.07, 6.45) is 1.84. The van der Waals surface area contributed by atoms with E-state index in [4.69, 9.17) is 5.26 Å². The summed E-state index contributed by atoms with van der Waals surface area (Å²) in [6.45, 7) is 0. The Hall–Kier alpha value is -1.67. The SMILES string of the molecule is N#CCc1nn(-c2ccccc2F)cc1Br. The number of nitriles is 1. The molecule has 0 aliphatic heterocycles. The highest BCUT2D eigenvalue weighted by Crippen LogP contribution is 2.19. The molecule has 0 fully saturated rings. The van der Waals surface area contributed by atoms with Gasteiger partial charge >= 0.3 is 0 Å². The minimum Gasteiger partial charge on any atom is -0.237 e. The van der Waals surface area contributed by atoms with Crippen LogP contribution in [0.3, 0.4) is 0 Å². The first-order valence-corrected chi connectivity index (χ1v) is 5.37. The van der Waals surface area contributed by atoms with Crippen molar-refractivity contribution in [1.82, 2.24) is 9.78 Å². The molecular formula is C11H7BrFN3. The van der Waals surface area contributed by atoms with Crippen LogP contribution in [0.4, 0.5) is 4.39 Å². The van der Waals surface area contributed by atoms with Crippen molar-refractivity contribution in [2.75, 3.05) is 0 Å². The second-order valence-corrected chi connectivity index (χ2v) is 4.01. The average molecular weight is 280 g/mol. The Morgan fingerprint density at radius 2 is 2.19 bits per heavy atom. The van der Waals surface area contributed by atoms with Crippen molar-refractivity contribution in [3.8, 4) is 11.8 Å². The van der Waals surface area contributed by atoms with Crippen molar-refractivity contribution >= 4 is 15.9 Å². The highest BCUT2D eigenvalue weighted by Gasteiger charge is 2.09. The summed E-state index contributed by atoms with van der Waals surface area (Å²) in [5.41, 5.74) is 0.971. The molecule has 0 amide bonds. The van der Waals surface area contributed by atoms with Crippen molar-refractivity contribution in [3.63, 3.8) is 0 Å². The Morgan fingerprint density at radius 1 is 1.44 bits per heavy atom. The number of benzene rings is 1. The summed E-state index contributed by atoms with van der Waals surface area (Å²) in [5.74, 6) is -0.346. The van der Waals surface area contributed by atoms with E-state index < -0.39 is 0 Å². The minimum absolute atomic E-state index is 0.196. The van der Waals surface area contributed by atoms with E-state index in [0.717, 1.165) is 0 Å². The molecule has 2 rings (SSSR count). The lowest BCUT2D eigenvalue weighted by Gasteiger charge is -2.01. The first-order valence-electron chi connectivity index (χ1n) is 4.58. The van der Waals surface area contributed by atoms with Crippen molar-refractivity contribution in [1.29, 1.82) is 5.26 Å². The van der Waals surface area contributed by atoms with Gasteiger partial charge in [0, 0.05) is 6.20 Å². The van der Waals surface area contributed by atoms with Crippen LogP contribution in [0.2, 0.25) is 0 Å². The van der Waals surface area contributed by atoms with Crippen LogP contribution >= 0.6 is 15.9 Å². The normalized spacial score (nSPS) is 10.1. The van der Waals surface area contributed by atoms with Crippen LogP contribution in [0.1, 0.15) is 5.69 Å². The van der Waals surface area contributed by atoms with Gasteiger partial charge in [-0.1, -0.05) is 12.1 Å². The zero-order valence-electron chi connectivity index (χ0n) is 8.19. The Morgan fingerprint density at radius 3 is 2.88 bits per heavy atom. The van der Waals surface area contributed by atoms with Crippen LogP contribution in [0.5, 0.6) is 0 Å². The van der Waals surface area contributed by atoms with E-state index >= 15 is 0 Å². The van der Waals surface area contributed by atoms with E-state index in [1.54, 1.807) is 24.4 Å². The largest absolute Gasteiger partial charge is 0.237 e. The molecule has 0 bridgehead atoms. The Balaban J connectivity index is 2.46. The molecule has 16 heavy (non-hydrogen) atoms. The molecule has 0 spiro atoms. The monoisotopic (exact) mass is 279 g/mol. The second-order valence-electron chi connectivity index (χ2n) is 3.15. The van der Waals surface area contributed by atoms with Gasteiger partial charge in [0.1, 0.15) is 11.5 Å². The van der Waals surface area contributed by atoms with E-state index in [0.29, 0.717) is 15.9 Å². The van der Waals surface area contributed by atoms with Gasteiger partial charge in [-0.25, -0.2) is 9.07 Å². The van der Waals surface area contributed by atoms with Gasteiger partial charge in [0.2, 0.25) is 0 Å². The molecule has 0 aliphatic carbocycles. The number of rotatable bonds is 2. The fourth-order valence-corrected chi connectivity index (χ4v) is 1.76. The Labute approximate surface area is 100 Å². The lowest BCUT2D eigenvalue weighted by molar-refractivity contribution is 0.610. The zero-order chi connectivity index (χ0) is 11.5. The average Bonchev–Trinajstić information content (AvgIpc) is 2.61. The maximum atomic E-state index is 13.5. The summed E-state index contributed by atoms with van der Waals surface area (Å²) >= 11 is 3.28. The topological polar surface area (TPSA) is 41.6 Å². The van der Waals surface area contributed by atoms with E-state index in [1.165, 1.54) is 10.7 Å². The lowest BCUT2D eigenvalue weighted by Crippen LogP contribution is -1.98. The quantitative estimate of drug-likeness (QED) is 0.848. The van der Waals surface area contributed by atoms with E-state index in [1.807, 2.05) is 6.07 Å². The maximum Gasteiger partial charge on any atom is 0.148 e. The molecule has 5 heteroatoms. The molecule has 2 aromatic rings. The molecule has 0 saturated heterocycles. The fraction of sp³-hybridized carbons (Fsp3) is 0.0909. The third-order valence-electron chi connectivity index (χ3n) is 2.09. The number of hydrogen-bond acceptors (Lipinski definition) is 2. The van der Waals surface area contributed by atoms with Crippen LogP contribution in [0, 0.1) is 17.1 Å². The minimum atomic E-state index is -0.346. The Kier molecular flexibility index (Phi) is 3.02. The van der Waals surface area contributed by atoms with Gasteiger partial charge in [-0.2, -0.15) is 10.4 Å². The number of para-hydroxylation sites is 1. The second kappa shape index (κ2) is 4.45. The molecule has 0 unspecified atom stereocenters. The third-order valence-corrected chi connectivity index (χ3v) is 2.75. The van der Waals surface area contributed by atoms with Gasteiger partial charge in [-0.3, -0.25) is 0 Å². The predicted molar refractivity (Wildman–Crippen MR) is 60.5 cm³/mol. The molecule has 1 heterocycles. The number of nitrogens with zero attached hydrogens (tertiary/aromatic N) is 3. The van der Waals surface area contributed by atoms with Crippen LogP contribution in [-0.4, -0.2) is 9.78 Å². The summed E-state index contributed by atoms with van der Waals surface area (Å²) in [5, 5.41) is 12.7. The van der Waals surface area contributed by atoms with Crippen LogP contribution in [0.15, 0.2) is 34.9 Å². The molecule has 0 N–H and O–H groups in total. The van der Waals surface area contributed by atoms with Gasteiger partial charge in [0.05, 0.1) is 22.7 Å². The maximum absolute atomic E-state index is 13.5. The number of hydrogen-bond donors (Lipinski definition) is 0. The predicted octanol–water partition coefficient (Wildman–Crippen LogP) is 2.84. The molecule has 0 saturated carbocycles. The summed E-state index contributed by atoms with van der Waals surface area (Å²) in [6, 6.07) is 8.36. The van der Waals surface area contributed by atoms with Crippen molar-refractivity contribution < 1.29 is 4.39 Å². The molecule has 0 radical (unpaired) electrons. The van der Waals surface area contributed by atoms with Crippen molar-refractivity contribution in [3.05, 3.63) is 46.4 Å². The van der Waals surface area contributed by atoms with Crippen molar-refractivity contribution in [2.45, 2.75) is 6.42 Å². The van der Waals surface area contributed by atoms with Crippen LogP contribution < -0.4 is 0 Å². The van der Waals surface area contributed by atoms with E-state index in [-0.39, 0.29) is 12.2 Å². The van der Waals surface area contributed by atoms with Gasteiger partial charge < -0.3 is 0 Å². The van der Waals surface area contributed by atoms with Gasteiger partial charge in [0.15, 0.2) is 0 Å². The molecule has 1 aromatic carbocycles. The molecule has 0 atom stereocenters. The lowest BCUT2D eigenvalue weighted by atomic mass is 10.3. The summed E-state index contributed by atoms with van der Waals surface area (Å²) < 4.78 is 15.6. The first-order chi connectivity index (χ1) is 7.72. The van der Waals surface area contributed by atoms with Crippen molar-refractivity contribution in [2.24, 2.45) is 0 Å². The summed E-state index contributed by atoms with van der Waals surface area (Å²) in [7, 11) is 0. The first kappa shape index (κ1) is 10.8. The molecule has 80 valence electrons. The fourth-order valence-electron chi connectivity index (χ4n) is 1.34. The van der Waals surface area contributed by atoms with E-state index in [2.05, 4.69) is 21.0 Å². The highest BCUT2D eigenvalue weighted by atomic mass is 79.9. The molecule has 1 aromatic heterocycles. The van der Waals surface area contributed by atoms with Gasteiger partial charge in [-0.15, -0.1) is 0 Å². The zero-order valence-corrected chi connectivity index (χ0v) is 9.78. The summed E-state index contributed by atoms with van der Waals surface area (Å²) in [4.78, 5) is 0. The van der Waals surface area contributed by atoms with E-state index in [9.17, 15) is 4.39 Å². The third kappa shape index (κ3) is 1.97. The highest BCUT2D eigenvalue weighted by molar-refractivity contribution is 9.10. The molecule has 0 aliphatic rings. The number of halogens is 2.